The van der Waals surface area contributed by atoms with Crippen LogP contribution in [-0.4, -0.2) is 50.2 Å². The van der Waals surface area contributed by atoms with E-state index in [1.165, 1.54) is 71.4 Å². The van der Waals surface area contributed by atoms with Crippen LogP contribution in [0.2, 0.25) is 0 Å². The van der Waals surface area contributed by atoms with Crippen LogP contribution >= 0.6 is 24.8 Å². The summed E-state index contributed by atoms with van der Waals surface area (Å²) in [5.41, 5.74) is 0.540. The van der Waals surface area contributed by atoms with Crippen molar-refractivity contribution < 1.29 is 0 Å². The number of halogens is 2. The van der Waals surface area contributed by atoms with E-state index in [1.54, 1.807) is 0 Å². The summed E-state index contributed by atoms with van der Waals surface area (Å²) in [6.07, 6.45) is 7.01. The van der Waals surface area contributed by atoms with Gasteiger partial charge >= 0.3 is 0 Å². The molecule has 2 atom stereocenters. The molecule has 3 aliphatic rings. The van der Waals surface area contributed by atoms with Crippen molar-refractivity contribution in [2.45, 2.75) is 45.1 Å². The van der Waals surface area contributed by atoms with Crippen LogP contribution in [0.3, 0.4) is 0 Å². The zero-order valence-corrected chi connectivity index (χ0v) is 14.3. The van der Waals surface area contributed by atoms with Gasteiger partial charge in [0.05, 0.1) is 0 Å². The Hall–Kier alpha value is 0.460. The summed E-state index contributed by atoms with van der Waals surface area (Å²) in [4.78, 5) is 2.72. The maximum Gasteiger partial charge on any atom is 0.00967 e. The van der Waals surface area contributed by atoms with Gasteiger partial charge in [-0.2, -0.15) is 0 Å². The van der Waals surface area contributed by atoms with Crippen LogP contribution in [0.4, 0.5) is 0 Å². The smallest absolute Gasteiger partial charge is 0.00967 e. The minimum absolute atomic E-state index is 0. The van der Waals surface area contributed by atoms with Gasteiger partial charge in [0, 0.05) is 19.1 Å². The molecule has 0 bridgehead atoms. The highest BCUT2D eigenvalue weighted by Crippen LogP contribution is 2.30. The Morgan fingerprint density at radius 3 is 2.40 bits per heavy atom. The predicted molar refractivity (Wildman–Crippen MR) is 90.3 cm³/mol. The lowest BCUT2D eigenvalue weighted by Gasteiger charge is -2.38. The fraction of sp³-hybridized carbons (Fsp3) is 1.00. The third-order valence-corrected chi connectivity index (χ3v) is 5.36. The molecule has 0 spiro atoms. The van der Waals surface area contributed by atoms with Crippen LogP contribution in [0.15, 0.2) is 0 Å². The van der Waals surface area contributed by atoms with Gasteiger partial charge in [-0.25, -0.2) is 0 Å². The summed E-state index contributed by atoms with van der Waals surface area (Å²) in [5, 5.41) is 7.21. The lowest BCUT2D eigenvalue weighted by molar-refractivity contribution is 0.117. The van der Waals surface area contributed by atoms with Crippen molar-refractivity contribution in [1.82, 2.24) is 15.5 Å². The van der Waals surface area contributed by atoms with Gasteiger partial charge in [0.2, 0.25) is 0 Å². The van der Waals surface area contributed by atoms with Crippen LogP contribution in [0.5, 0.6) is 0 Å². The normalized spacial score (nSPS) is 35.5. The first-order valence-electron chi connectivity index (χ1n) is 7.92. The van der Waals surface area contributed by atoms with E-state index < -0.39 is 0 Å². The number of nitrogens with one attached hydrogen (secondary N) is 2. The second kappa shape index (κ2) is 8.19. The lowest BCUT2D eigenvalue weighted by atomic mass is 9.85. The highest BCUT2D eigenvalue weighted by molar-refractivity contribution is 5.85. The quantitative estimate of drug-likeness (QED) is 0.834. The summed E-state index contributed by atoms with van der Waals surface area (Å²) >= 11 is 0. The Morgan fingerprint density at radius 2 is 1.85 bits per heavy atom. The molecule has 0 aliphatic carbocycles. The molecule has 0 saturated carbocycles. The molecule has 0 amide bonds. The summed E-state index contributed by atoms with van der Waals surface area (Å²) in [7, 11) is 0. The zero-order chi connectivity index (χ0) is 12.4. The summed E-state index contributed by atoms with van der Waals surface area (Å²) in [5.74, 6) is 0.957. The topological polar surface area (TPSA) is 27.3 Å². The molecule has 3 saturated heterocycles. The van der Waals surface area contributed by atoms with Crippen molar-refractivity contribution >= 4 is 24.8 Å². The van der Waals surface area contributed by atoms with E-state index in [1.807, 2.05) is 0 Å². The maximum absolute atomic E-state index is 3.69. The third-order valence-electron chi connectivity index (χ3n) is 5.36. The van der Waals surface area contributed by atoms with Gasteiger partial charge in [0.15, 0.2) is 0 Å². The van der Waals surface area contributed by atoms with Crippen LogP contribution in [0, 0.1) is 11.3 Å². The highest BCUT2D eigenvalue weighted by Gasteiger charge is 2.33. The molecular weight excluding hydrogens is 293 g/mol. The number of piperidine rings is 1. The minimum atomic E-state index is 0. The van der Waals surface area contributed by atoms with Crippen molar-refractivity contribution in [1.29, 1.82) is 0 Å². The Morgan fingerprint density at radius 1 is 1.10 bits per heavy atom. The molecule has 5 heteroatoms. The second-order valence-electron chi connectivity index (χ2n) is 7.05. The van der Waals surface area contributed by atoms with E-state index in [-0.39, 0.29) is 24.8 Å². The van der Waals surface area contributed by atoms with Crippen molar-refractivity contribution in [2.24, 2.45) is 11.3 Å². The molecule has 0 aromatic heterocycles. The molecular formula is C15H31Cl2N3. The Bertz CT molecular complexity index is 268. The van der Waals surface area contributed by atoms with E-state index >= 15 is 0 Å². The Kier molecular flexibility index (Phi) is 7.58. The van der Waals surface area contributed by atoms with Gasteiger partial charge in [0.25, 0.3) is 0 Å². The van der Waals surface area contributed by atoms with E-state index in [4.69, 9.17) is 0 Å². The molecule has 0 aromatic carbocycles. The summed E-state index contributed by atoms with van der Waals surface area (Å²) < 4.78 is 0. The number of likely N-dealkylation sites (tertiary alicyclic amines) is 1. The first-order chi connectivity index (χ1) is 8.75. The molecule has 0 radical (unpaired) electrons. The average Bonchev–Trinajstić information content (AvgIpc) is 3.02. The SMILES string of the molecule is CC1(CN2CCC(C3CCCN3)CC2)CCNC1.Cl.Cl. The largest absolute Gasteiger partial charge is 0.316 e. The summed E-state index contributed by atoms with van der Waals surface area (Å²) in [6.45, 7) is 10.1. The first kappa shape index (κ1) is 18.5. The van der Waals surface area contributed by atoms with Crippen molar-refractivity contribution in [2.75, 3.05) is 39.3 Å². The molecule has 3 fully saturated rings. The van der Waals surface area contributed by atoms with Gasteiger partial charge in [-0.15, -0.1) is 24.8 Å². The maximum atomic E-state index is 3.69. The molecule has 0 aromatic rings. The molecule has 3 aliphatic heterocycles. The molecule has 3 nitrogen and oxygen atoms in total. The Balaban J connectivity index is 0.000001000. The Labute approximate surface area is 136 Å². The van der Waals surface area contributed by atoms with Gasteiger partial charge < -0.3 is 15.5 Å². The van der Waals surface area contributed by atoms with E-state index in [2.05, 4.69) is 22.5 Å². The van der Waals surface area contributed by atoms with Crippen molar-refractivity contribution in [3.63, 3.8) is 0 Å². The monoisotopic (exact) mass is 323 g/mol. The number of nitrogens with zero attached hydrogens (tertiary/aromatic N) is 1. The molecule has 3 heterocycles. The highest BCUT2D eigenvalue weighted by atomic mass is 35.5. The van der Waals surface area contributed by atoms with Crippen LogP contribution in [-0.2, 0) is 0 Å². The van der Waals surface area contributed by atoms with Gasteiger partial charge in [-0.1, -0.05) is 6.92 Å². The number of hydrogen-bond donors (Lipinski definition) is 2. The zero-order valence-electron chi connectivity index (χ0n) is 12.7. The van der Waals surface area contributed by atoms with Gasteiger partial charge in [-0.05, 0) is 69.6 Å². The van der Waals surface area contributed by atoms with Gasteiger partial charge in [-0.3, -0.25) is 0 Å². The van der Waals surface area contributed by atoms with Crippen molar-refractivity contribution in [3.05, 3.63) is 0 Å². The molecule has 3 rings (SSSR count). The van der Waals surface area contributed by atoms with E-state index in [9.17, 15) is 0 Å². The van der Waals surface area contributed by atoms with Crippen LogP contribution < -0.4 is 10.6 Å². The predicted octanol–water partition coefficient (Wildman–Crippen LogP) is 2.29. The van der Waals surface area contributed by atoms with Gasteiger partial charge in [0.1, 0.15) is 0 Å². The van der Waals surface area contributed by atoms with E-state index in [0.29, 0.717) is 5.41 Å². The van der Waals surface area contributed by atoms with Crippen LogP contribution in [0.25, 0.3) is 0 Å². The second-order valence-corrected chi connectivity index (χ2v) is 7.05. The third kappa shape index (κ3) is 4.48. The standard InChI is InChI=1S/C15H29N3.2ClH/c1-15(6-8-16-11-15)12-18-9-4-13(5-10-18)14-3-2-7-17-14;;/h13-14,16-17H,2-12H2,1H3;2*1H. The lowest BCUT2D eigenvalue weighted by Crippen LogP contribution is -2.45. The van der Waals surface area contributed by atoms with E-state index in [0.717, 1.165) is 12.0 Å². The molecule has 2 unspecified atom stereocenters. The number of hydrogen-bond acceptors (Lipinski definition) is 3. The van der Waals surface area contributed by atoms with Crippen molar-refractivity contribution in [3.8, 4) is 0 Å². The molecule has 20 heavy (non-hydrogen) atoms. The fourth-order valence-corrected chi connectivity index (χ4v) is 4.17. The molecule has 2 N–H and O–H groups in total. The average molecular weight is 324 g/mol. The number of rotatable bonds is 3. The first-order valence-corrected chi connectivity index (χ1v) is 7.92. The molecule has 120 valence electrons. The fourth-order valence-electron chi connectivity index (χ4n) is 4.17. The van der Waals surface area contributed by atoms with Crippen LogP contribution in [0.1, 0.15) is 39.0 Å². The minimum Gasteiger partial charge on any atom is -0.316 e. The summed E-state index contributed by atoms with van der Waals surface area (Å²) in [6, 6.07) is 0.843.